The molecule has 2 aliphatic rings. The SMILES string of the molecule is O=C(Nc1ccc(C(=O)N2CCC(F)(F)C(=CC(=O)N3CCN(Cc4ccccc4)CC3)c3ccccc32)cc1)c1ccccc1-c1ccccc1. The molecule has 5 aromatic carbocycles. The van der Waals surface area contributed by atoms with E-state index in [1.807, 2.05) is 60.7 Å². The zero-order valence-electron chi connectivity index (χ0n) is 28.6. The number of alkyl halides is 2. The lowest BCUT2D eigenvalue weighted by Gasteiger charge is -2.34. The summed E-state index contributed by atoms with van der Waals surface area (Å²) < 4.78 is 31.8. The van der Waals surface area contributed by atoms with Gasteiger partial charge in [0.15, 0.2) is 0 Å². The quantitative estimate of drug-likeness (QED) is 0.175. The van der Waals surface area contributed by atoms with Crippen molar-refractivity contribution in [2.45, 2.75) is 18.9 Å². The summed E-state index contributed by atoms with van der Waals surface area (Å²) in [6, 6.07) is 39.9. The van der Waals surface area contributed by atoms with Crippen LogP contribution in [0.3, 0.4) is 0 Å². The molecule has 0 spiro atoms. The number of fused-ring (bicyclic) bond motifs is 1. The molecule has 7 rings (SSSR count). The van der Waals surface area contributed by atoms with E-state index in [-0.39, 0.29) is 29.2 Å². The van der Waals surface area contributed by atoms with Crippen LogP contribution in [0, 0.1) is 0 Å². The number of amides is 3. The highest BCUT2D eigenvalue weighted by Gasteiger charge is 2.42. The van der Waals surface area contributed by atoms with E-state index in [0.717, 1.165) is 23.7 Å². The molecular formula is C43H38F2N4O3. The second-order valence-electron chi connectivity index (χ2n) is 13.0. The lowest BCUT2D eigenvalue weighted by Crippen LogP contribution is -2.48. The Labute approximate surface area is 301 Å². The number of hydrogen-bond acceptors (Lipinski definition) is 4. The number of carbonyl (C=O) groups excluding carboxylic acids is 3. The molecule has 0 aromatic heterocycles. The topological polar surface area (TPSA) is 73.0 Å². The van der Waals surface area contributed by atoms with Gasteiger partial charge >= 0.3 is 0 Å². The van der Waals surface area contributed by atoms with Crippen LogP contribution >= 0.6 is 0 Å². The van der Waals surface area contributed by atoms with Gasteiger partial charge in [-0.25, -0.2) is 8.78 Å². The third-order valence-electron chi connectivity index (χ3n) is 9.62. The normalized spacial score (nSPS) is 16.5. The Hall–Kier alpha value is -5.93. The number of rotatable bonds is 7. The number of nitrogens with one attached hydrogen (secondary N) is 1. The van der Waals surface area contributed by atoms with E-state index in [9.17, 15) is 14.4 Å². The van der Waals surface area contributed by atoms with Gasteiger partial charge < -0.3 is 15.1 Å². The molecule has 262 valence electrons. The van der Waals surface area contributed by atoms with Gasteiger partial charge in [0.2, 0.25) is 5.91 Å². The van der Waals surface area contributed by atoms with Gasteiger partial charge in [-0.2, -0.15) is 0 Å². The molecule has 0 unspecified atom stereocenters. The molecule has 5 aromatic rings. The Bertz CT molecular complexity index is 2090. The van der Waals surface area contributed by atoms with Crippen molar-refractivity contribution in [3.63, 3.8) is 0 Å². The summed E-state index contributed by atoms with van der Waals surface area (Å²) in [5.41, 5.74) is 4.23. The summed E-state index contributed by atoms with van der Waals surface area (Å²) in [6.45, 7) is 2.67. The summed E-state index contributed by atoms with van der Waals surface area (Å²) in [6.07, 6.45) is 0.416. The van der Waals surface area contributed by atoms with Crippen molar-refractivity contribution < 1.29 is 23.2 Å². The molecule has 0 radical (unpaired) electrons. The van der Waals surface area contributed by atoms with Crippen molar-refractivity contribution in [1.29, 1.82) is 0 Å². The van der Waals surface area contributed by atoms with Crippen LogP contribution < -0.4 is 10.2 Å². The summed E-state index contributed by atoms with van der Waals surface area (Å²) in [7, 11) is 0. The highest BCUT2D eigenvalue weighted by Crippen LogP contribution is 2.43. The third kappa shape index (κ3) is 7.55. The van der Waals surface area contributed by atoms with E-state index >= 15 is 8.78 Å². The molecule has 9 heteroatoms. The Morgan fingerprint density at radius 1 is 0.673 bits per heavy atom. The van der Waals surface area contributed by atoms with Gasteiger partial charge in [0.05, 0.1) is 5.69 Å². The predicted molar refractivity (Wildman–Crippen MR) is 200 cm³/mol. The second-order valence-corrected chi connectivity index (χ2v) is 13.0. The molecule has 1 saturated heterocycles. The first-order valence-corrected chi connectivity index (χ1v) is 17.4. The molecule has 1 fully saturated rings. The number of nitrogens with zero attached hydrogens (tertiary/aromatic N) is 3. The Balaban J connectivity index is 1.06. The number of benzene rings is 5. The Morgan fingerprint density at radius 3 is 2.00 bits per heavy atom. The molecule has 1 N–H and O–H groups in total. The molecule has 0 aliphatic carbocycles. The van der Waals surface area contributed by atoms with Crippen molar-refractivity contribution in [3.8, 4) is 11.1 Å². The van der Waals surface area contributed by atoms with Crippen LogP contribution in [0.25, 0.3) is 16.7 Å². The van der Waals surface area contributed by atoms with E-state index in [0.29, 0.717) is 43.1 Å². The molecule has 2 aliphatic heterocycles. The molecule has 7 nitrogen and oxygen atoms in total. The molecule has 52 heavy (non-hydrogen) atoms. The molecule has 3 amide bonds. The van der Waals surface area contributed by atoms with Gasteiger partial charge in [-0.05, 0) is 53.1 Å². The molecule has 0 bridgehead atoms. The summed E-state index contributed by atoms with van der Waals surface area (Å²) in [5, 5.41) is 2.91. The number of halogens is 2. The maximum atomic E-state index is 15.9. The van der Waals surface area contributed by atoms with Gasteiger partial charge in [-0.1, -0.05) is 97.1 Å². The zero-order chi connectivity index (χ0) is 36.1. The number of hydrogen-bond donors (Lipinski definition) is 1. The van der Waals surface area contributed by atoms with Crippen LogP contribution in [-0.4, -0.2) is 66.2 Å². The smallest absolute Gasteiger partial charge is 0.275 e. The molecular weight excluding hydrogens is 658 g/mol. The van der Waals surface area contributed by atoms with E-state index in [1.165, 1.54) is 16.5 Å². The van der Waals surface area contributed by atoms with Gasteiger partial charge in [0.1, 0.15) is 0 Å². The largest absolute Gasteiger partial charge is 0.337 e. The fourth-order valence-corrected chi connectivity index (χ4v) is 6.82. The average Bonchev–Trinajstić information content (AvgIpc) is 3.29. The van der Waals surface area contributed by atoms with Crippen molar-refractivity contribution in [2.24, 2.45) is 0 Å². The van der Waals surface area contributed by atoms with Gasteiger partial charge in [-0.3, -0.25) is 19.3 Å². The van der Waals surface area contributed by atoms with Crippen LogP contribution in [0.1, 0.15) is 38.3 Å². The summed E-state index contributed by atoms with van der Waals surface area (Å²) >= 11 is 0. The Morgan fingerprint density at radius 2 is 1.29 bits per heavy atom. The summed E-state index contributed by atoms with van der Waals surface area (Å²) in [4.78, 5) is 45.9. The van der Waals surface area contributed by atoms with Crippen molar-refractivity contribution in [1.82, 2.24) is 9.80 Å². The van der Waals surface area contributed by atoms with Crippen LogP contribution in [-0.2, 0) is 11.3 Å². The van der Waals surface area contributed by atoms with E-state index in [4.69, 9.17) is 0 Å². The first-order valence-electron chi connectivity index (χ1n) is 17.4. The third-order valence-corrected chi connectivity index (χ3v) is 9.62. The second kappa shape index (κ2) is 15.1. The Kier molecular flexibility index (Phi) is 10.0. The maximum Gasteiger partial charge on any atom is 0.275 e. The number of para-hydroxylation sites is 1. The molecule has 2 heterocycles. The minimum atomic E-state index is -3.35. The van der Waals surface area contributed by atoms with E-state index in [2.05, 4.69) is 22.3 Å². The highest BCUT2D eigenvalue weighted by molar-refractivity contribution is 6.11. The van der Waals surface area contributed by atoms with E-state index < -0.39 is 24.2 Å². The fourth-order valence-electron chi connectivity index (χ4n) is 6.82. The maximum absolute atomic E-state index is 15.9. The van der Waals surface area contributed by atoms with Crippen LogP contribution in [0.15, 0.2) is 140 Å². The number of piperazine rings is 1. The molecule has 0 saturated carbocycles. The monoisotopic (exact) mass is 696 g/mol. The number of anilines is 2. The van der Waals surface area contributed by atoms with Gasteiger partial charge in [-0.15, -0.1) is 0 Å². The lowest BCUT2D eigenvalue weighted by atomic mass is 9.96. The van der Waals surface area contributed by atoms with Gasteiger partial charge in [0, 0.05) is 79.7 Å². The van der Waals surface area contributed by atoms with Crippen LogP contribution in [0.5, 0.6) is 0 Å². The van der Waals surface area contributed by atoms with Crippen molar-refractivity contribution in [3.05, 3.63) is 162 Å². The van der Waals surface area contributed by atoms with Crippen molar-refractivity contribution in [2.75, 3.05) is 42.9 Å². The fraction of sp³-hybridized carbons (Fsp3) is 0.186. The average molecular weight is 697 g/mol. The minimum Gasteiger partial charge on any atom is -0.337 e. The first kappa shape index (κ1) is 34.5. The number of carbonyl (C=O) groups is 3. The highest BCUT2D eigenvalue weighted by atomic mass is 19.3. The standard InChI is InChI=1S/C43H38F2N4O3/c44-43(45)23-24-49(42(52)33-19-21-34(22-20-33)46-41(51)36-16-8-7-15-35(36)32-13-5-2-6-14-32)39-18-10-9-17-37(39)38(43)29-40(50)48-27-25-47(26-28-48)30-31-11-3-1-4-12-31/h1-22,29H,23-28,30H2,(H,46,51). The minimum absolute atomic E-state index is 0.148. The predicted octanol–water partition coefficient (Wildman–Crippen LogP) is 8.02. The summed E-state index contributed by atoms with van der Waals surface area (Å²) in [5.74, 6) is -4.57. The molecule has 0 atom stereocenters. The first-order chi connectivity index (χ1) is 25.3. The van der Waals surface area contributed by atoms with Crippen LogP contribution in [0.2, 0.25) is 0 Å². The van der Waals surface area contributed by atoms with Crippen molar-refractivity contribution >= 4 is 34.7 Å². The van der Waals surface area contributed by atoms with Crippen LogP contribution in [0.4, 0.5) is 20.2 Å². The zero-order valence-corrected chi connectivity index (χ0v) is 28.6. The van der Waals surface area contributed by atoms with Gasteiger partial charge in [0.25, 0.3) is 17.7 Å². The van der Waals surface area contributed by atoms with E-state index in [1.54, 1.807) is 59.5 Å². The number of allylic oxidation sites excluding steroid dienone is 1. The lowest BCUT2D eigenvalue weighted by molar-refractivity contribution is -0.127.